The Morgan fingerprint density at radius 2 is 2.15 bits per heavy atom. The van der Waals surface area contributed by atoms with Gasteiger partial charge in [0.05, 0.1) is 4.92 Å². The second-order valence-corrected chi connectivity index (χ2v) is 5.06. The highest BCUT2D eigenvalue weighted by Crippen LogP contribution is 2.14. The van der Waals surface area contributed by atoms with Gasteiger partial charge in [0.15, 0.2) is 0 Å². The number of benzene rings is 1. The van der Waals surface area contributed by atoms with Gasteiger partial charge in [-0.2, -0.15) is 0 Å². The number of piperidine rings is 1. The van der Waals surface area contributed by atoms with Crippen LogP contribution >= 0.6 is 0 Å². The van der Waals surface area contributed by atoms with Crippen molar-refractivity contribution in [3.05, 3.63) is 39.9 Å². The van der Waals surface area contributed by atoms with E-state index in [0.29, 0.717) is 18.0 Å². The summed E-state index contributed by atoms with van der Waals surface area (Å²) in [5.74, 6) is 0.449. The topological polar surface area (TPSA) is 84.3 Å². The first-order chi connectivity index (χ1) is 9.66. The number of carbonyl (C=O) groups excluding carboxylic acids is 1. The quantitative estimate of drug-likeness (QED) is 0.634. The Morgan fingerprint density at radius 3 is 2.75 bits per heavy atom. The van der Waals surface area contributed by atoms with E-state index in [4.69, 9.17) is 0 Å². The molecule has 1 aromatic carbocycles. The lowest BCUT2D eigenvalue weighted by Crippen LogP contribution is -2.33. The highest BCUT2D eigenvalue weighted by molar-refractivity contribution is 5.94. The van der Waals surface area contributed by atoms with E-state index in [1.807, 2.05) is 0 Å². The zero-order valence-electron chi connectivity index (χ0n) is 11.3. The summed E-state index contributed by atoms with van der Waals surface area (Å²) in [6.45, 7) is 2.75. The first kappa shape index (κ1) is 14.5. The molecule has 1 fully saturated rings. The molecule has 6 heteroatoms. The molecule has 1 aliphatic rings. The molecule has 108 valence electrons. The van der Waals surface area contributed by atoms with Crippen molar-refractivity contribution in [1.29, 1.82) is 0 Å². The number of hydrogen-bond donors (Lipinski definition) is 2. The van der Waals surface area contributed by atoms with E-state index in [-0.39, 0.29) is 11.6 Å². The standard InChI is InChI=1S/C14H19N3O3/c18-14(12-3-5-13(6-4-12)17(19)20)16-9-7-11-2-1-8-15-10-11/h3-6,11,15H,1-2,7-10H2,(H,16,18). The van der Waals surface area contributed by atoms with Gasteiger partial charge >= 0.3 is 0 Å². The smallest absolute Gasteiger partial charge is 0.269 e. The predicted octanol–water partition coefficient (Wildman–Crippen LogP) is 1.71. The van der Waals surface area contributed by atoms with Crippen LogP contribution in [-0.2, 0) is 0 Å². The Balaban J connectivity index is 1.77. The van der Waals surface area contributed by atoms with Crippen LogP contribution in [0, 0.1) is 16.0 Å². The summed E-state index contributed by atoms with van der Waals surface area (Å²) in [4.78, 5) is 21.9. The van der Waals surface area contributed by atoms with Gasteiger partial charge in [-0.25, -0.2) is 0 Å². The van der Waals surface area contributed by atoms with Crippen LogP contribution in [0.4, 0.5) is 5.69 Å². The minimum absolute atomic E-state index is 0.00479. The number of carbonyl (C=O) groups is 1. The van der Waals surface area contributed by atoms with Crippen molar-refractivity contribution >= 4 is 11.6 Å². The van der Waals surface area contributed by atoms with Crippen molar-refractivity contribution < 1.29 is 9.72 Å². The molecule has 1 amide bonds. The van der Waals surface area contributed by atoms with Crippen LogP contribution in [0.25, 0.3) is 0 Å². The highest BCUT2D eigenvalue weighted by Gasteiger charge is 2.13. The Morgan fingerprint density at radius 1 is 1.40 bits per heavy atom. The Kier molecular flexibility index (Phi) is 5.06. The predicted molar refractivity (Wildman–Crippen MR) is 75.6 cm³/mol. The molecular weight excluding hydrogens is 258 g/mol. The van der Waals surface area contributed by atoms with Crippen molar-refractivity contribution in [2.24, 2.45) is 5.92 Å². The maximum Gasteiger partial charge on any atom is 0.269 e. The van der Waals surface area contributed by atoms with Crippen molar-refractivity contribution in [2.75, 3.05) is 19.6 Å². The molecule has 0 radical (unpaired) electrons. The molecular formula is C14H19N3O3. The molecule has 1 atom stereocenters. The van der Waals surface area contributed by atoms with Crippen molar-refractivity contribution in [3.8, 4) is 0 Å². The average molecular weight is 277 g/mol. The van der Waals surface area contributed by atoms with Crippen molar-refractivity contribution in [1.82, 2.24) is 10.6 Å². The fraction of sp³-hybridized carbons (Fsp3) is 0.500. The molecule has 0 spiro atoms. The van der Waals surface area contributed by atoms with E-state index < -0.39 is 4.92 Å². The summed E-state index contributed by atoms with van der Waals surface area (Å²) >= 11 is 0. The number of nitrogens with zero attached hydrogens (tertiary/aromatic N) is 1. The molecule has 2 N–H and O–H groups in total. The normalized spacial score (nSPS) is 18.5. The third-order valence-electron chi connectivity index (χ3n) is 3.58. The number of hydrogen-bond acceptors (Lipinski definition) is 4. The molecule has 0 aromatic heterocycles. The molecule has 1 saturated heterocycles. The van der Waals surface area contributed by atoms with Gasteiger partial charge in [-0.15, -0.1) is 0 Å². The van der Waals surface area contributed by atoms with E-state index in [1.165, 1.54) is 37.1 Å². The summed E-state index contributed by atoms with van der Waals surface area (Å²) in [6, 6.07) is 5.66. The van der Waals surface area contributed by atoms with E-state index >= 15 is 0 Å². The number of nitrogens with one attached hydrogen (secondary N) is 2. The lowest BCUT2D eigenvalue weighted by atomic mass is 9.96. The Labute approximate surface area is 117 Å². The summed E-state index contributed by atoms with van der Waals surface area (Å²) in [6.07, 6.45) is 3.37. The molecule has 20 heavy (non-hydrogen) atoms. The molecule has 0 bridgehead atoms. The zero-order chi connectivity index (χ0) is 14.4. The molecule has 0 saturated carbocycles. The van der Waals surface area contributed by atoms with Crippen LogP contribution in [0.3, 0.4) is 0 Å². The molecule has 1 heterocycles. The molecule has 1 aromatic rings. The monoisotopic (exact) mass is 277 g/mol. The molecule has 1 aliphatic heterocycles. The largest absolute Gasteiger partial charge is 0.352 e. The third kappa shape index (κ3) is 4.03. The fourth-order valence-corrected chi connectivity index (χ4v) is 2.40. The van der Waals surface area contributed by atoms with Crippen LogP contribution in [0.2, 0.25) is 0 Å². The molecule has 2 rings (SSSR count). The minimum Gasteiger partial charge on any atom is -0.352 e. The first-order valence-electron chi connectivity index (χ1n) is 6.90. The first-order valence-corrected chi connectivity index (χ1v) is 6.90. The van der Waals surface area contributed by atoms with Crippen LogP contribution in [0.5, 0.6) is 0 Å². The number of rotatable bonds is 5. The molecule has 1 unspecified atom stereocenters. The lowest BCUT2D eigenvalue weighted by molar-refractivity contribution is -0.384. The van der Waals surface area contributed by atoms with Crippen molar-refractivity contribution in [3.63, 3.8) is 0 Å². The summed E-state index contributed by atoms with van der Waals surface area (Å²) in [5, 5.41) is 16.7. The summed E-state index contributed by atoms with van der Waals surface area (Å²) in [7, 11) is 0. The second-order valence-electron chi connectivity index (χ2n) is 5.06. The summed E-state index contributed by atoms with van der Waals surface area (Å²) < 4.78 is 0. The van der Waals surface area contributed by atoms with Crippen molar-refractivity contribution in [2.45, 2.75) is 19.3 Å². The fourth-order valence-electron chi connectivity index (χ4n) is 2.40. The molecule has 6 nitrogen and oxygen atoms in total. The van der Waals surface area contributed by atoms with Gasteiger partial charge in [0.25, 0.3) is 11.6 Å². The second kappa shape index (κ2) is 7.00. The minimum atomic E-state index is -0.474. The Hall–Kier alpha value is -1.95. The molecule has 0 aliphatic carbocycles. The maximum atomic E-state index is 11.9. The van der Waals surface area contributed by atoms with Crippen LogP contribution < -0.4 is 10.6 Å². The van der Waals surface area contributed by atoms with Gasteiger partial charge in [-0.1, -0.05) is 0 Å². The van der Waals surface area contributed by atoms with E-state index in [0.717, 1.165) is 19.5 Å². The van der Waals surface area contributed by atoms with Gasteiger partial charge in [0, 0.05) is 24.2 Å². The van der Waals surface area contributed by atoms with Gasteiger partial charge in [-0.3, -0.25) is 14.9 Å². The van der Waals surface area contributed by atoms with Crippen LogP contribution in [0.15, 0.2) is 24.3 Å². The zero-order valence-corrected chi connectivity index (χ0v) is 11.3. The van der Waals surface area contributed by atoms with E-state index in [2.05, 4.69) is 10.6 Å². The van der Waals surface area contributed by atoms with Crippen LogP contribution in [0.1, 0.15) is 29.6 Å². The van der Waals surface area contributed by atoms with Gasteiger partial charge in [0.1, 0.15) is 0 Å². The third-order valence-corrected chi connectivity index (χ3v) is 3.58. The number of amides is 1. The summed E-state index contributed by atoms with van der Waals surface area (Å²) in [5.41, 5.74) is 0.451. The number of nitro groups is 1. The van der Waals surface area contributed by atoms with Gasteiger partial charge in [0.2, 0.25) is 0 Å². The number of non-ortho nitro benzene ring substituents is 1. The Bertz CT molecular complexity index is 467. The average Bonchev–Trinajstić information content (AvgIpc) is 2.48. The SMILES string of the molecule is O=C(NCCC1CCCNC1)c1ccc([N+](=O)[O-])cc1. The van der Waals surface area contributed by atoms with Gasteiger partial charge in [-0.05, 0) is 50.4 Å². The van der Waals surface area contributed by atoms with E-state index in [9.17, 15) is 14.9 Å². The van der Waals surface area contributed by atoms with Gasteiger partial charge < -0.3 is 10.6 Å². The maximum absolute atomic E-state index is 11.9. The number of nitro benzene ring substituents is 1. The van der Waals surface area contributed by atoms with Crippen LogP contribution in [-0.4, -0.2) is 30.5 Å². The van der Waals surface area contributed by atoms with E-state index in [1.54, 1.807) is 0 Å². The lowest BCUT2D eigenvalue weighted by Gasteiger charge is -2.22. The highest BCUT2D eigenvalue weighted by atomic mass is 16.6.